The zero-order valence-electron chi connectivity index (χ0n) is 10.3. The van der Waals surface area contributed by atoms with E-state index in [4.69, 9.17) is 5.84 Å². The zero-order valence-corrected chi connectivity index (χ0v) is 10.3. The van der Waals surface area contributed by atoms with Gasteiger partial charge in [0.1, 0.15) is 6.20 Å². The normalized spacial score (nSPS) is 15.3. The second kappa shape index (κ2) is 4.37. The number of nitrogens with one attached hydrogen (secondary N) is 2. The van der Waals surface area contributed by atoms with Crippen LogP contribution in [-0.4, -0.2) is 20.4 Å². The Balaban J connectivity index is 2.31. The van der Waals surface area contributed by atoms with Crippen LogP contribution in [-0.2, 0) is 0 Å². The first-order chi connectivity index (χ1) is 8.44. The van der Waals surface area contributed by atoms with Gasteiger partial charge < -0.3 is 5.32 Å². The molecule has 4 N–H and O–H groups in total. The third kappa shape index (κ3) is 2.48. The highest BCUT2D eigenvalue weighted by molar-refractivity contribution is 5.58. The van der Waals surface area contributed by atoms with Gasteiger partial charge in [-0.25, -0.2) is 10.8 Å². The lowest BCUT2D eigenvalue weighted by molar-refractivity contribution is -0.384. The van der Waals surface area contributed by atoms with E-state index in [9.17, 15) is 10.1 Å². The second-order valence-corrected chi connectivity index (χ2v) is 4.95. The molecule has 0 saturated heterocycles. The van der Waals surface area contributed by atoms with Crippen LogP contribution in [0, 0.1) is 16.0 Å². The van der Waals surface area contributed by atoms with Gasteiger partial charge in [0, 0.05) is 5.54 Å². The molecule has 0 atom stereocenters. The molecule has 0 amide bonds. The van der Waals surface area contributed by atoms with Gasteiger partial charge in [0.05, 0.1) is 4.92 Å². The number of aromatic nitrogens is 2. The summed E-state index contributed by atoms with van der Waals surface area (Å²) in [5.74, 6) is 6.07. The van der Waals surface area contributed by atoms with Crippen molar-refractivity contribution in [3.8, 4) is 0 Å². The summed E-state index contributed by atoms with van der Waals surface area (Å²) in [4.78, 5) is 18.2. The Bertz CT molecular complexity index is 471. The van der Waals surface area contributed by atoms with Crippen LogP contribution in [0.2, 0.25) is 0 Å². The first-order valence-corrected chi connectivity index (χ1v) is 5.70. The van der Waals surface area contributed by atoms with Crippen LogP contribution >= 0.6 is 0 Å². The fraction of sp³-hybridized carbons (Fsp3) is 0.600. The molecule has 0 spiro atoms. The number of hydrogen-bond donors (Lipinski definition) is 3. The van der Waals surface area contributed by atoms with E-state index in [2.05, 4.69) is 20.7 Å². The van der Waals surface area contributed by atoms with Crippen molar-refractivity contribution in [2.45, 2.75) is 32.2 Å². The van der Waals surface area contributed by atoms with E-state index in [0.717, 1.165) is 19.0 Å². The van der Waals surface area contributed by atoms with E-state index < -0.39 is 4.92 Å². The largest absolute Gasteiger partial charge is 0.359 e. The maximum absolute atomic E-state index is 10.9. The minimum absolute atomic E-state index is 0.148. The average molecular weight is 252 g/mol. The molecule has 8 heteroatoms. The lowest BCUT2D eigenvalue weighted by Gasteiger charge is -2.26. The highest BCUT2D eigenvalue weighted by Gasteiger charge is 2.39. The van der Waals surface area contributed by atoms with Crippen molar-refractivity contribution < 1.29 is 4.92 Å². The summed E-state index contributed by atoms with van der Waals surface area (Å²) in [5, 5.41) is 14.0. The third-order valence-electron chi connectivity index (χ3n) is 3.13. The van der Waals surface area contributed by atoms with E-state index in [1.54, 1.807) is 0 Å². The average Bonchev–Trinajstić information content (AvgIpc) is 3.11. The second-order valence-electron chi connectivity index (χ2n) is 4.95. The van der Waals surface area contributed by atoms with Gasteiger partial charge in [-0.3, -0.25) is 15.5 Å². The van der Waals surface area contributed by atoms with Gasteiger partial charge in [-0.05, 0) is 32.6 Å². The molecule has 1 heterocycles. The highest BCUT2D eigenvalue weighted by Crippen LogP contribution is 2.41. The lowest BCUT2D eigenvalue weighted by Crippen LogP contribution is -2.34. The predicted octanol–water partition coefficient (Wildman–Crippen LogP) is 1.27. The molecule has 1 aromatic heterocycles. The van der Waals surface area contributed by atoms with Crippen molar-refractivity contribution in [1.82, 2.24) is 9.97 Å². The van der Waals surface area contributed by atoms with Crippen LogP contribution in [0.1, 0.15) is 26.7 Å². The van der Waals surface area contributed by atoms with Crippen LogP contribution in [0.4, 0.5) is 17.5 Å². The molecule has 18 heavy (non-hydrogen) atoms. The van der Waals surface area contributed by atoms with Crippen molar-refractivity contribution in [1.29, 1.82) is 0 Å². The summed E-state index contributed by atoms with van der Waals surface area (Å²) >= 11 is 0. The Kier molecular flexibility index (Phi) is 3.04. The monoisotopic (exact) mass is 252 g/mol. The highest BCUT2D eigenvalue weighted by atomic mass is 16.6. The number of rotatable bonds is 5. The van der Waals surface area contributed by atoms with E-state index >= 15 is 0 Å². The minimum atomic E-state index is -0.508. The molecule has 2 rings (SSSR count). The van der Waals surface area contributed by atoms with Gasteiger partial charge in [-0.15, -0.1) is 0 Å². The van der Waals surface area contributed by atoms with Crippen LogP contribution in [0.3, 0.4) is 0 Å². The van der Waals surface area contributed by atoms with Crippen molar-refractivity contribution in [2.75, 3.05) is 10.7 Å². The summed E-state index contributed by atoms with van der Waals surface area (Å²) in [6, 6.07) is 0. The molecule has 1 aliphatic rings. The number of nitro groups is 1. The molecular formula is C10H16N6O2. The fourth-order valence-electron chi connectivity index (χ4n) is 1.88. The van der Waals surface area contributed by atoms with Crippen molar-refractivity contribution in [3.05, 3.63) is 16.3 Å². The van der Waals surface area contributed by atoms with Gasteiger partial charge in [-0.1, -0.05) is 0 Å². The van der Waals surface area contributed by atoms with Gasteiger partial charge >= 0.3 is 5.69 Å². The van der Waals surface area contributed by atoms with Gasteiger partial charge in [0.2, 0.25) is 11.8 Å². The van der Waals surface area contributed by atoms with Crippen LogP contribution in [0.25, 0.3) is 0 Å². The van der Waals surface area contributed by atoms with Gasteiger partial charge in [0.15, 0.2) is 0 Å². The molecule has 0 bridgehead atoms. The standard InChI is InChI=1S/C10H16N6O2/c1-10(2,6-3-4-6)14-8-7(16(17)18)5-12-9(13-8)15-11/h5-6H,3-4,11H2,1-2H3,(H2,12,13,14,15). The van der Waals surface area contributed by atoms with Crippen LogP contribution in [0.15, 0.2) is 6.20 Å². The summed E-state index contributed by atoms with van der Waals surface area (Å²) in [5.41, 5.74) is 1.90. The lowest BCUT2D eigenvalue weighted by atomic mass is 9.99. The number of anilines is 2. The predicted molar refractivity (Wildman–Crippen MR) is 66.9 cm³/mol. The third-order valence-corrected chi connectivity index (χ3v) is 3.13. The Hall–Kier alpha value is -1.96. The summed E-state index contributed by atoms with van der Waals surface area (Å²) in [6.45, 7) is 4.01. The molecular weight excluding hydrogens is 236 g/mol. The molecule has 0 aliphatic heterocycles. The number of hydrazine groups is 1. The maximum atomic E-state index is 10.9. The maximum Gasteiger partial charge on any atom is 0.329 e. The SMILES string of the molecule is CC(C)(Nc1nc(NN)ncc1[N+](=O)[O-])C1CC1. The minimum Gasteiger partial charge on any atom is -0.359 e. The van der Waals surface area contributed by atoms with Crippen molar-refractivity contribution >= 4 is 17.5 Å². The van der Waals surface area contributed by atoms with Crippen molar-refractivity contribution in [3.63, 3.8) is 0 Å². The Morgan fingerprint density at radius 3 is 2.72 bits per heavy atom. The Morgan fingerprint density at radius 1 is 1.56 bits per heavy atom. The quantitative estimate of drug-likeness (QED) is 0.410. The first kappa shape index (κ1) is 12.5. The first-order valence-electron chi connectivity index (χ1n) is 5.70. The topological polar surface area (TPSA) is 119 Å². The van der Waals surface area contributed by atoms with Gasteiger partial charge in [-0.2, -0.15) is 4.98 Å². The van der Waals surface area contributed by atoms with Crippen LogP contribution < -0.4 is 16.6 Å². The summed E-state index contributed by atoms with van der Waals surface area (Å²) in [6.07, 6.45) is 3.40. The molecule has 0 radical (unpaired) electrons. The number of hydrogen-bond acceptors (Lipinski definition) is 7. The molecule has 1 fully saturated rings. The molecule has 1 aliphatic carbocycles. The van der Waals surface area contributed by atoms with E-state index in [-0.39, 0.29) is 23.0 Å². The van der Waals surface area contributed by atoms with E-state index in [1.807, 2.05) is 13.8 Å². The van der Waals surface area contributed by atoms with Crippen LogP contribution in [0.5, 0.6) is 0 Å². The Morgan fingerprint density at radius 2 is 2.22 bits per heavy atom. The number of nitrogens with zero attached hydrogens (tertiary/aromatic N) is 3. The molecule has 98 valence electrons. The van der Waals surface area contributed by atoms with Crippen molar-refractivity contribution in [2.24, 2.45) is 11.8 Å². The Labute approximate surface area is 104 Å². The molecule has 8 nitrogen and oxygen atoms in total. The fourth-order valence-corrected chi connectivity index (χ4v) is 1.88. The summed E-state index contributed by atoms with van der Waals surface area (Å²) < 4.78 is 0. The number of nitrogens with two attached hydrogens (primary N) is 1. The molecule has 0 unspecified atom stereocenters. The van der Waals surface area contributed by atoms with E-state index in [0.29, 0.717) is 5.92 Å². The molecule has 1 aromatic rings. The number of nitrogen functional groups attached to an aromatic ring is 1. The smallest absolute Gasteiger partial charge is 0.329 e. The van der Waals surface area contributed by atoms with Gasteiger partial charge in [0.25, 0.3) is 0 Å². The zero-order chi connectivity index (χ0) is 13.3. The summed E-state index contributed by atoms with van der Waals surface area (Å²) in [7, 11) is 0. The van der Waals surface area contributed by atoms with E-state index in [1.165, 1.54) is 0 Å². The molecule has 1 saturated carbocycles. The molecule has 0 aromatic carbocycles.